The molecule has 0 heterocycles. The molecule has 0 amide bonds. The third kappa shape index (κ3) is 6.47. The summed E-state index contributed by atoms with van der Waals surface area (Å²) in [6.07, 6.45) is 5.37. The van der Waals surface area contributed by atoms with Gasteiger partial charge in [0.2, 0.25) is 0 Å². The van der Waals surface area contributed by atoms with Crippen molar-refractivity contribution < 1.29 is 23.7 Å². The van der Waals surface area contributed by atoms with E-state index in [-0.39, 0.29) is 5.78 Å². The average Bonchev–Trinajstić information content (AvgIpc) is 3.12. The van der Waals surface area contributed by atoms with Gasteiger partial charge in [-0.1, -0.05) is 0 Å². The van der Waals surface area contributed by atoms with Gasteiger partial charge in [-0.25, -0.2) is 0 Å². The van der Waals surface area contributed by atoms with Crippen LogP contribution >= 0.6 is 45.2 Å². The van der Waals surface area contributed by atoms with E-state index in [1.807, 2.05) is 64.1 Å². The van der Waals surface area contributed by atoms with Gasteiger partial charge in [0.15, 0.2) is 28.8 Å². The highest BCUT2D eigenvalue weighted by Gasteiger charge is 2.24. The number of hydrogen-bond acceptors (Lipinski definition) is 5. The Balaban J connectivity index is 1.90. The molecule has 0 saturated heterocycles. The van der Waals surface area contributed by atoms with Crippen LogP contribution in [-0.2, 0) is 4.79 Å². The molecule has 0 bridgehead atoms. The molecule has 0 spiro atoms. The number of hydrogen-bond donors (Lipinski definition) is 0. The summed E-state index contributed by atoms with van der Waals surface area (Å²) in [7, 11) is 0. The van der Waals surface area contributed by atoms with Crippen LogP contribution in [0.5, 0.6) is 23.0 Å². The van der Waals surface area contributed by atoms with Crippen LogP contribution in [0, 0.1) is 7.14 Å². The van der Waals surface area contributed by atoms with Gasteiger partial charge >= 0.3 is 0 Å². The van der Waals surface area contributed by atoms with Gasteiger partial charge in [0.1, 0.15) is 0 Å². The molecule has 1 saturated carbocycles. The van der Waals surface area contributed by atoms with Gasteiger partial charge < -0.3 is 18.9 Å². The zero-order valence-corrected chi connectivity index (χ0v) is 24.3. The molecule has 0 unspecified atom stereocenters. The van der Waals surface area contributed by atoms with Gasteiger partial charge in [-0.3, -0.25) is 4.79 Å². The predicted molar refractivity (Wildman–Crippen MR) is 153 cm³/mol. The summed E-state index contributed by atoms with van der Waals surface area (Å²) in [5.74, 6) is 3.00. The molecule has 0 radical (unpaired) electrons. The molecule has 0 aromatic heterocycles. The van der Waals surface area contributed by atoms with E-state index in [0.717, 1.165) is 40.9 Å². The number of halogens is 2. The molecule has 1 aliphatic rings. The Morgan fingerprint density at radius 2 is 1.06 bits per heavy atom. The number of carbonyl (C=O) groups is 1. The van der Waals surface area contributed by atoms with Crippen molar-refractivity contribution in [1.82, 2.24) is 0 Å². The van der Waals surface area contributed by atoms with Crippen LogP contribution in [0.25, 0.3) is 12.2 Å². The first kappa shape index (κ1) is 26.8. The summed E-state index contributed by atoms with van der Waals surface area (Å²) in [6.45, 7) is 10.0. The van der Waals surface area contributed by atoms with E-state index >= 15 is 0 Å². The lowest BCUT2D eigenvalue weighted by Crippen LogP contribution is -2.01. The quantitative estimate of drug-likeness (QED) is 0.194. The molecule has 7 heteroatoms. The maximum Gasteiger partial charge on any atom is 0.185 e. The lowest BCUT2D eigenvalue weighted by atomic mass is 10.1. The fourth-order valence-electron chi connectivity index (χ4n) is 3.82. The van der Waals surface area contributed by atoms with Crippen LogP contribution in [0.1, 0.15) is 51.7 Å². The largest absolute Gasteiger partial charge is 0.490 e. The monoisotopic (exact) mass is 688 g/mol. The molecule has 3 rings (SSSR count). The highest BCUT2D eigenvalue weighted by atomic mass is 127. The van der Waals surface area contributed by atoms with E-state index < -0.39 is 0 Å². The van der Waals surface area contributed by atoms with Crippen molar-refractivity contribution in [2.75, 3.05) is 26.4 Å². The molecule has 5 nitrogen and oxygen atoms in total. The lowest BCUT2D eigenvalue weighted by Gasteiger charge is -2.14. The zero-order chi connectivity index (χ0) is 24.7. The van der Waals surface area contributed by atoms with Crippen molar-refractivity contribution in [3.63, 3.8) is 0 Å². The molecular weight excluding hydrogens is 658 g/mol. The van der Waals surface area contributed by atoms with Gasteiger partial charge in [-0.15, -0.1) is 0 Å². The van der Waals surface area contributed by atoms with Crippen LogP contribution in [0.4, 0.5) is 0 Å². The van der Waals surface area contributed by atoms with Gasteiger partial charge in [0.25, 0.3) is 0 Å². The molecule has 1 fully saturated rings. The minimum Gasteiger partial charge on any atom is -0.490 e. The Kier molecular flexibility index (Phi) is 10.1. The van der Waals surface area contributed by atoms with Crippen molar-refractivity contribution in [2.24, 2.45) is 0 Å². The zero-order valence-electron chi connectivity index (χ0n) is 20.0. The molecule has 1 aliphatic carbocycles. The third-order valence-corrected chi connectivity index (χ3v) is 6.77. The predicted octanol–water partition coefficient (Wildman–Crippen LogP) is 7.32. The van der Waals surface area contributed by atoms with E-state index in [1.54, 1.807) is 0 Å². The topological polar surface area (TPSA) is 54.0 Å². The first-order chi connectivity index (χ1) is 16.4. The second-order valence-corrected chi connectivity index (χ2v) is 9.88. The molecule has 0 N–H and O–H groups in total. The maximum absolute atomic E-state index is 13.2. The van der Waals surface area contributed by atoms with Crippen molar-refractivity contribution in [1.29, 1.82) is 0 Å². The van der Waals surface area contributed by atoms with Crippen LogP contribution in [-0.4, -0.2) is 32.2 Å². The maximum atomic E-state index is 13.2. The Bertz CT molecular complexity index is 1020. The van der Waals surface area contributed by atoms with E-state index in [2.05, 4.69) is 45.2 Å². The van der Waals surface area contributed by atoms with Crippen molar-refractivity contribution in [2.45, 2.75) is 40.5 Å². The Morgan fingerprint density at radius 1 is 0.676 bits per heavy atom. The molecule has 2 aromatic rings. The molecule has 34 heavy (non-hydrogen) atoms. The highest BCUT2D eigenvalue weighted by molar-refractivity contribution is 14.1. The second-order valence-electron chi connectivity index (χ2n) is 7.56. The Morgan fingerprint density at radius 3 is 1.41 bits per heavy atom. The number of ketones is 1. The molecule has 2 aromatic carbocycles. The first-order valence-corrected chi connectivity index (χ1v) is 13.7. The van der Waals surface area contributed by atoms with E-state index in [9.17, 15) is 4.79 Å². The average molecular weight is 688 g/mol. The van der Waals surface area contributed by atoms with Crippen molar-refractivity contribution >= 4 is 63.1 Å². The second kappa shape index (κ2) is 12.8. The number of carbonyl (C=O) groups excluding carboxylic acids is 1. The van der Waals surface area contributed by atoms with Crippen LogP contribution in [0.3, 0.4) is 0 Å². The minimum atomic E-state index is 0.0868. The molecule has 182 valence electrons. The number of allylic oxidation sites excluding steroid dienone is 2. The molecule has 0 aliphatic heterocycles. The summed E-state index contributed by atoms with van der Waals surface area (Å²) in [4.78, 5) is 13.2. The number of benzene rings is 2. The lowest BCUT2D eigenvalue weighted by molar-refractivity contribution is -0.111. The highest BCUT2D eigenvalue weighted by Crippen LogP contribution is 2.38. The number of rotatable bonds is 10. The van der Waals surface area contributed by atoms with E-state index in [4.69, 9.17) is 18.9 Å². The van der Waals surface area contributed by atoms with E-state index in [1.165, 1.54) is 0 Å². The third-order valence-electron chi connectivity index (χ3n) is 5.17. The van der Waals surface area contributed by atoms with Crippen LogP contribution < -0.4 is 18.9 Å². The van der Waals surface area contributed by atoms with Gasteiger partial charge in [0, 0.05) is 11.1 Å². The molecular formula is C27H30I2O5. The van der Waals surface area contributed by atoms with Gasteiger partial charge in [-0.05, 0) is 133 Å². The van der Waals surface area contributed by atoms with Crippen molar-refractivity contribution in [3.05, 3.63) is 53.7 Å². The van der Waals surface area contributed by atoms with Gasteiger partial charge in [-0.2, -0.15) is 0 Å². The summed E-state index contributed by atoms with van der Waals surface area (Å²) in [6, 6.07) is 7.95. The summed E-state index contributed by atoms with van der Waals surface area (Å²) >= 11 is 4.51. The first-order valence-electron chi connectivity index (χ1n) is 11.6. The van der Waals surface area contributed by atoms with Gasteiger partial charge in [0.05, 0.1) is 33.6 Å². The summed E-state index contributed by atoms with van der Waals surface area (Å²) in [5.41, 5.74) is 3.49. The summed E-state index contributed by atoms with van der Waals surface area (Å²) < 4.78 is 25.0. The van der Waals surface area contributed by atoms with E-state index in [0.29, 0.717) is 50.8 Å². The Labute approximate surface area is 229 Å². The minimum absolute atomic E-state index is 0.0868. The van der Waals surface area contributed by atoms with Crippen LogP contribution in [0.15, 0.2) is 35.4 Å². The molecule has 0 atom stereocenters. The fourth-order valence-corrected chi connectivity index (χ4v) is 5.38. The SMILES string of the molecule is CCOc1cc(/C=C2\CC/C(=C\c3cc(I)c(OCC)c(OCC)c3)C2=O)cc(I)c1OCC. The fraction of sp³-hybridized carbons (Fsp3) is 0.370. The number of ether oxygens (including phenoxy) is 4. The normalized spacial score (nSPS) is 15.8. The van der Waals surface area contributed by atoms with Crippen molar-refractivity contribution in [3.8, 4) is 23.0 Å². The number of Topliss-reactive ketones (excluding diaryl/α,β-unsaturated/α-hetero) is 1. The Hall–Kier alpha value is -1.75. The van der Waals surface area contributed by atoms with Crippen LogP contribution in [0.2, 0.25) is 0 Å². The standard InChI is InChI=1S/C27H30I2O5/c1-5-31-23-15-17(13-21(28)26(23)33-7-3)11-19-9-10-20(25(19)30)12-18-14-22(29)27(34-8-4)24(16-18)32-6-2/h11-16H,5-10H2,1-4H3/b19-11+,20-12+. The summed E-state index contributed by atoms with van der Waals surface area (Å²) in [5, 5.41) is 0. The smallest absolute Gasteiger partial charge is 0.185 e.